The fraction of sp³-hybridized carbons (Fsp3) is 0.923. The molecule has 0 N–H and O–H groups in total. The lowest BCUT2D eigenvalue weighted by atomic mass is 9.92. The lowest BCUT2D eigenvalue weighted by molar-refractivity contribution is 0.392. The summed E-state index contributed by atoms with van der Waals surface area (Å²) in [4.78, 5) is 0. The second kappa shape index (κ2) is 23.0. The molecule has 0 nitrogen and oxygen atoms in total. The SMILES string of the molecule is [CH2]CCCCCCCCCCCCCC(CC)CCCCCCCC[CH2]. The maximum absolute atomic E-state index is 3.92. The molecule has 0 aliphatic heterocycles. The molecule has 0 aromatic carbocycles. The van der Waals surface area contributed by atoms with Crippen molar-refractivity contribution in [3.63, 3.8) is 0 Å². The van der Waals surface area contributed by atoms with Gasteiger partial charge in [-0.25, -0.2) is 0 Å². The summed E-state index contributed by atoms with van der Waals surface area (Å²) in [6, 6.07) is 0. The number of hydrogen-bond acceptors (Lipinski definition) is 0. The molecule has 0 aliphatic rings. The normalized spacial score (nSPS) is 12.6. The molecule has 0 saturated heterocycles. The molecular weight excluding hydrogens is 312 g/mol. The van der Waals surface area contributed by atoms with Gasteiger partial charge >= 0.3 is 0 Å². The summed E-state index contributed by atoms with van der Waals surface area (Å²) < 4.78 is 0. The summed E-state index contributed by atoms with van der Waals surface area (Å²) in [6.07, 6.45) is 31.1. The molecule has 26 heavy (non-hydrogen) atoms. The lowest BCUT2D eigenvalue weighted by Crippen LogP contribution is -1.99. The van der Waals surface area contributed by atoms with E-state index in [0.717, 1.165) is 18.8 Å². The molecule has 0 aromatic heterocycles. The minimum absolute atomic E-state index is 1.01. The van der Waals surface area contributed by atoms with Gasteiger partial charge < -0.3 is 0 Å². The van der Waals surface area contributed by atoms with Crippen LogP contribution in [0.5, 0.6) is 0 Å². The van der Waals surface area contributed by atoms with Crippen molar-refractivity contribution in [2.24, 2.45) is 5.92 Å². The molecular formula is C26H52. The van der Waals surface area contributed by atoms with Gasteiger partial charge in [-0.1, -0.05) is 162 Å². The molecule has 156 valence electrons. The average Bonchev–Trinajstić information content (AvgIpc) is 2.66. The summed E-state index contributed by atoms with van der Waals surface area (Å²) in [5, 5.41) is 0. The second-order valence-corrected chi connectivity index (χ2v) is 8.57. The van der Waals surface area contributed by atoms with Crippen LogP contribution >= 0.6 is 0 Å². The highest BCUT2D eigenvalue weighted by Gasteiger charge is 2.05. The van der Waals surface area contributed by atoms with Crippen molar-refractivity contribution in [1.29, 1.82) is 0 Å². The first-order valence-electron chi connectivity index (χ1n) is 12.4. The average molecular weight is 365 g/mol. The van der Waals surface area contributed by atoms with Crippen LogP contribution in [0.25, 0.3) is 0 Å². The number of unbranched alkanes of at least 4 members (excludes halogenated alkanes) is 17. The second-order valence-electron chi connectivity index (χ2n) is 8.57. The molecule has 0 heterocycles. The Morgan fingerprint density at radius 3 is 0.962 bits per heavy atom. The third kappa shape index (κ3) is 20.3. The van der Waals surface area contributed by atoms with E-state index >= 15 is 0 Å². The van der Waals surface area contributed by atoms with Crippen molar-refractivity contribution in [3.05, 3.63) is 13.8 Å². The number of rotatable bonds is 22. The van der Waals surface area contributed by atoms with E-state index in [-0.39, 0.29) is 0 Å². The van der Waals surface area contributed by atoms with Crippen LogP contribution in [0.1, 0.15) is 148 Å². The molecule has 0 aromatic rings. The van der Waals surface area contributed by atoms with Crippen LogP contribution in [0, 0.1) is 19.8 Å². The van der Waals surface area contributed by atoms with Crippen molar-refractivity contribution in [1.82, 2.24) is 0 Å². The van der Waals surface area contributed by atoms with Gasteiger partial charge in [0.1, 0.15) is 0 Å². The van der Waals surface area contributed by atoms with E-state index in [9.17, 15) is 0 Å². The van der Waals surface area contributed by atoms with E-state index in [1.54, 1.807) is 0 Å². The fourth-order valence-electron chi connectivity index (χ4n) is 4.07. The molecule has 1 atom stereocenters. The first-order valence-corrected chi connectivity index (χ1v) is 12.4. The molecule has 0 bridgehead atoms. The maximum Gasteiger partial charge on any atom is -0.0417 e. The van der Waals surface area contributed by atoms with Crippen molar-refractivity contribution >= 4 is 0 Å². The highest BCUT2D eigenvalue weighted by Crippen LogP contribution is 2.22. The highest BCUT2D eigenvalue weighted by molar-refractivity contribution is 4.59. The molecule has 0 heteroatoms. The third-order valence-electron chi connectivity index (χ3n) is 6.05. The van der Waals surface area contributed by atoms with E-state index in [1.165, 1.54) is 128 Å². The van der Waals surface area contributed by atoms with Crippen LogP contribution in [0.2, 0.25) is 0 Å². The quantitative estimate of drug-likeness (QED) is 0.168. The first kappa shape index (κ1) is 26.0. The van der Waals surface area contributed by atoms with Gasteiger partial charge in [-0.15, -0.1) is 0 Å². The third-order valence-corrected chi connectivity index (χ3v) is 6.05. The van der Waals surface area contributed by atoms with Gasteiger partial charge in [0, 0.05) is 0 Å². The van der Waals surface area contributed by atoms with Gasteiger partial charge in [0.25, 0.3) is 0 Å². The van der Waals surface area contributed by atoms with E-state index in [2.05, 4.69) is 20.8 Å². The van der Waals surface area contributed by atoms with Crippen molar-refractivity contribution < 1.29 is 0 Å². The van der Waals surface area contributed by atoms with Crippen LogP contribution < -0.4 is 0 Å². The van der Waals surface area contributed by atoms with Crippen LogP contribution in [-0.4, -0.2) is 0 Å². The zero-order valence-electron chi connectivity index (χ0n) is 18.5. The predicted octanol–water partition coefficient (Wildman–Crippen LogP) is 9.87. The smallest absolute Gasteiger partial charge is 0.0417 e. The van der Waals surface area contributed by atoms with Gasteiger partial charge in [-0.05, 0) is 5.92 Å². The predicted molar refractivity (Wildman–Crippen MR) is 121 cm³/mol. The Hall–Kier alpha value is 0. The summed E-state index contributed by atoms with van der Waals surface area (Å²) >= 11 is 0. The summed E-state index contributed by atoms with van der Waals surface area (Å²) in [6.45, 7) is 10.2. The molecule has 0 aliphatic carbocycles. The molecule has 0 spiro atoms. The Morgan fingerprint density at radius 2 is 0.692 bits per heavy atom. The zero-order chi connectivity index (χ0) is 19.1. The van der Waals surface area contributed by atoms with Crippen LogP contribution in [-0.2, 0) is 0 Å². The summed E-state index contributed by atoms with van der Waals surface area (Å²) in [7, 11) is 0. The van der Waals surface area contributed by atoms with Crippen molar-refractivity contribution in [2.45, 2.75) is 148 Å². The Kier molecular flexibility index (Phi) is 23.0. The molecule has 0 amide bonds. The van der Waals surface area contributed by atoms with Gasteiger partial charge in [0.2, 0.25) is 0 Å². The molecule has 2 radical (unpaired) electrons. The van der Waals surface area contributed by atoms with Crippen molar-refractivity contribution in [2.75, 3.05) is 0 Å². The van der Waals surface area contributed by atoms with Gasteiger partial charge in [-0.2, -0.15) is 0 Å². The molecule has 0 rings (SSSR count). The Balaban J connectivity index is 3.26. The first-order chi connectivity index (χ1) is 12.8. The molecule has 0 fully saturated rings. The van der Waals surface area contributed by atoms with Crippen LogP contribution in [0.4, 0.5) is 0 Å². The number of hydrogen-bond donors (Lipinski definition) is 0. The van der Waals surface area contributed by atoms with Gasteiger partial charge in [0.15, 0.2) is 0 Å². The molecule has 1 unspecified atom stereocenters. The highest BCUT2D eigenvalue weighted by atomic mass is 14.1. The van der Waals surface area contributed by atoms with Gasteiger partial charge in [-0.3, -0.25) is 0 Å². The summed E-state index contributed by atoms with van der Waals surface area (Å²) in [5.74, 6) is 1.01. The van der Waals surface area contributed by atoms with E-state index in [4.69, 9.17) is 0 Å². The minimum atomic E-state index is 1.01. The standard InChI is InChI=1S/C26H52/c1-4-7-9-11-13-14-15-16-17-19-21-23-25-26(6-3)24-22-20-18-12-10-8-5-2/h26H,1-2,4-25H2,3H3. The topological polar surface area (TPSA) is 0 Å². The largest absolute Gasteiger partial charge is 0.0651 e. The summed E-state index contributed by atoms with van der Waals surface area (Å²) in [5.41, 5.74) is 0. The van der Waals surface area contributed by atoms with Crippen LogP contribution in [0.15, 0.2) is 0 Å². The van der Waals surface area contributed by atoms with E-state index in [1.807, 2.05) is 0 Å². The van der Waals surface area contributed by atoms with Crippen molar-refractivity contribution in [3.8, 4) is 0 Å². The monoisotopic (exact) mass is 364 g/mol. The fourth-order valence-corrected chi connectivity index (χ4v) is 4.07. The minimum Gasteiger partial charge on any atom is -0.0651 e. The molecule has 0 saturated carbocycles. The Morgan fingerprint density at radius 1 is 0.423 bits per heavy atom. The maximum atomic E-state index is 3.92. The zero-order valence-corrected chi connectivity index (χ0v) is 18.5. The van der Waals surface area contributed by atoms with E-state index < -0.39 is 0 Å². The van der Waals surface area contributed by atoms with Gasteiger partial charge in [0.05, 0.1) is 0 Å². The van der Waals surface area contributed by atoms with E-state index in [0.29, 0.717) is 0 Å². The Bertz CT molecular complexity index is 232. The lowest BCUT2D eigenvalue weighted by Gasteiger charge is -2.14. The Labute approximate surface area is 168 Å². The van der Waals surface area contributed by atoms with Crippen LogP contribution in [0.3, 0.4) is 0 Å².